The lowest BCUT2D eigenvalue weighted by atomic mass is 10.2. The summed E-state index contributed by atoms with van der Waals surface area (Å²) < 4.78 is 31.5. The van der Waals surface area contributed by atoms with Gasteiger partial charge in [0.1, 0.15) is 11.8 Å². The highest BCUT2D eigenvalue weighted by Crippen LogP contribution is 2.23. The summed E-state index contributed by atoms with van der Waals surface area (Å²) in [5.41, 5.74) is 1.03. The zero-order chi connectivity index (χ0) is 15.2. The van der Waals surface area contributed by atoms with Crippen LogP contribution in [0.25, 0.3) is 0 Å². The van der Waals surface area contributed by atoms with Crippen LogP contribution in [0.3, 0.4) is 0 Å². The van der Waals surface area contributed by atoms with Crippen LogP contribution in [-0.4, -0.2) is 11.7 Å². The maximum atomic E-state index is 13.2. The van der Waals surface area contributed by atoms with Crippen molar-refractivity contribution in [2.24, 2.45) is 0 Å². The molecule has 21 heavy (non-hydrogen) atoms. The van der Waals surface area contributed by atoms with E-state index in [1.807, 2.05) is 6.07 Å². The van der Waals surface area contributed by atoms with E-state index >= 15 is 0 Å². The standard InChI is InChI=1S/C15H12F2N2O2/c16-13-6-10(7-14(17)15(13)20)9-19-11-2-1-3-12(8-11)21-5-4-18/h1-3,6-8,19-20H,5,9H2. The molecular weight excluding hydrogens is 278 g/mol. The van der Waals surface area contributed by atoms with Gasteiger partial charge in [0, 0.05) is 18.3 Å². The van der Waals surface area contributed by atoms with Crippen LogP contribution in [0.5, 0.6) is 11.5 Å². The van der Waals surface area contributed by atoms with E-state index in [0.717, 1.165) is 12.1 Å². The molecule has 0 fully saturated rings. The summed E-state index contributed by atoms with van der Waals surface area (Å²) >= 11 is 0. The molecule has 4 nitrogen and oxygen atoms in total. The average molecular weight is 290 g/mol. The number of halogens is 2. The number of benzene rings is 2. The average Bonchev–Trinajstić information content (AvgIpc) is 2.49. The third kappa shape index (κ3) is 3.83. The van der Waals surface area contributed by atoms with E-state index in [0.29, 0.717) is 17.0 Å². The van der Waals surface area contributed by atoms with Gasteiger partial charge in [-0.3, -0.25) is 0 Å². The van der Waals surface area contributed by atoms with Gasteiger partial charge in [-0.1, -0.05) is 6.07 Å². The molecule has 6 heteroatoms. The zero-order valence-corrected chi connectivity index (χ0v) is 10.9. The van der Waals surface area contributed by atoms with E-state index < -0.39 is 17.4 Å². The number of rotatable bonds is 5. The Balaban J connectivity index is 2.05. The van der Waals surface area contributed by atoms with Gasteiger partial charge in [-0.25, -0.2) is 8.78 Å². The highest BCUT2D eigenvalue weighted by Gasteiger charge is 2.09. The molecule has 0 saturated carbocycles. The van der Waals surface area contributed by atoms with Gasteiger partial charge in [-0.2, -0.15) is 5.26 Å². The molecule has 0 aliphatic carbocycles. The molecule has 2 rings (SSSR count). The van der Waals surface area contributed by atoms with Crippen molar-refractivity contribution in [3.63, 3.8) is 0 Å². The van der Waals surface area contributed by atoms with Crippen molar-refractivity contribution in [1.29, 1.82) is 5.26 Å². The van der Waals surface area contributed by atoms with Crippen molar-refractivity contribution >= 4 is 5.69 Å². The lowest BCUT2D eigenvalue weighted by Gasteiger charge is -2.09. The van der Waals surface area contributed by atoms with E-state index in [4.69, 9.17) is 15.1 Å². The molecule has 0 spiro atoms. The number of hydrogen-bond donors (Lipinski definition) is 2. The molecule has 108 valence electrons. The first-order valence-corrected chi connectivity index (χ1v) is 6.10. The fraction of sp³-hybridized carbons (Fsp3) is 0.133. The van der Waals surface area contributed by atoms with Gasteiger partial charge in [-0.15, -0.1) is 0 Å². The number of hydrogen-bond acceptors (Lipinski definition) is 4. The smallest absolute Gasteiger partial charge is 0.187 e. The van der Waals surface area contributed by atoms with E-state index in [1.54, 1.807) is 24.3 Å². The fourth-order valence-corrected chi connectivity index (χ4v) is 1.74. The van der Waals surface area contributed by atoms with E-state index in [-0.39, 0.29) is 13.2 Å². The Labute approximate surface area is 120 Å². The molecule has 0 radical (unpaired) electrons. The molecule has 0 aliphatic rings. The minimum atomic E-state index is -1.00. The molecule has 0 aliphatic heterocycles. The van der Waals surface area contributed by atoms with Crippen LogP contribution >= 0.6 is 0 Å². The second-order valence-electron chi connectivity index (χ2n) is 4.24. The van der Waals surface area contributed by atoms with Crippen molar-refractivity contribution in [3.05, 3.63) is 53.6 Å². The minimum absolute atomic E-state index is 0.0577. The Morgan fingerprint density at radius 1 is 1.19 bits per heavy atom. The summed E-state index contributed by atoms with van der Waals surface area (Å²) in [5.74, 6) is -2.47. The number of nitriles is 1. The predicted octanol–water partition coefficient (Wildman–Crippen LogP) is 3.18. The van der Waals surface area contributed by atoms with Crippen LogP contribution in [0.4, 0.5) is 14.5 Å². The summed E-state index contributed by atoms with van der Waals surface area (Å²) in [6, 6.07) is 10.8. The first-order chi connectivity index (χ1) is 10.1. The summed E-state index contributed by atoms with van der Waals surface area (Å²) in [5, 5.41) is 20.4. The van der Waals surface area contributed by atoms with Gasteiger partial charge in [0.25, 0.3) is 0 Å². The molecule has 0 amide bonds. The first-order valence-electron chi connectivity index (χ1n) is 6.10. The van der Waals surface area contributed by atoms with Crippen LogP contribution in [0.2, 0.25) is 0 Å². The third-order valence-electron chi connectivity index (χ3n) is 2.71. The lowest BCUT2D eigenvalue weighted by Crippen LogP contribution is -2.01. The van der Waals surface area contributed by atoms with Gasteiger partial charge >= 0.3 is 0 Å². The molecule has 0 unspecified atom stereocenters. The predicted molar refractivity (Wildman–Crippen MR) is 72.9 cm³/mol. The zero-order valence-electron chi connectivity index (χ0n) is 10.9. The number of nitrogens with one attached hydrogen (secondary N) is 1. The van der Waals surface area contributed by atoms with Crippen molar-refractivity contribution in [2.45, 2.75) is 6.54 Å². The third-order valence-corrected chi connectivity index (χ3v) is 2.71. The molecule has 2 N–H and O–H groups in total. The Hall–Kier alpha value is -2.81. The highest BCUT2D eigenvalue weighted by atomic mass is 19.1. The second kappa shape index (κ2) is 6.57. The quantitative estimate of drug-likeness (QED) is 0.887. The number of aromatic hydroxyl groups is 1. The minimum Gasteiger partial charge on any atom is -0.503 e. The van der Waals surface area contributed by atoms with Crippen molar-refractivity contribution in [3.8, 4) is 17.6 Å². The van der Waals surface area contributed by atoms with Gasteiger partial charge < -0.3 is 15.2 Å². The van der Waals surface area contributed by atoms with Crippen LogP contribution in [0, 0.1) is 23.0 Å². The fourth-order valence-electron chi connectivity index (χ4n) is 1.74. The number of phenols is 1. The molecule has 2 aromatic rings. The number of nitrogens with zero attached hydrogens (tertiary/aromatic N) is 1. The summed E-state index contributed by atoms with van der Waals surface area (Å²) in [4.78, 5) is 0. The van der Waals surface area contributed by atoms with E-state index in [9.17, 15) is 8.78 Å². The van der Waals surface area contributed by atoms with Crippen molar-refractivity contribution < 1.29 is 18.6 Å². The molecule has 0 atom stereocenters. The van der Waals surface area contributed by atoms with Crippen LogP contribution in [-0.2, 0) is 6.54 Å². The maximum absolute atomic E-state index is 13.2. The largest absolute Gasteiger partial charge is 0.503 e. The highest BCUT2D eigenvalue weighted by molar-refractivity contribution is 5.48. The number of ether oxygens (including phenoxy) is 1. The van der Waals surface area contributed by atoms with Crippen molar-refractivity contribution in [1.82, 2.24) is 0 Å². The Bertz CT molecular complexity index is 661. The molecule has 0 aromatic heterocycles. The summed E-state index contributed by atoms with van der Waals surface area (Å²) in [7, 11) is 0. The Morgan fingerprint density at radius 3 is 2.57 bits per heavy atom. The number of anilines is 1. The van der Waals surface area contributed by atoms with Gasteiger partial charge in [0.15, 0.2) is 24.0 Å². The maximum Gasteiger partial charge on any atom is 0.187 e. The topological polar surface area (TPSA) is 65.3 Å². The van der Waals surface area contributed by atoms with Crippen LogP contribution < -0.4 is 10.1 Å². The van der Waals surface area contributed by atoms with Crippen LogP contribution in [0.1, 0.15) is 5.56 Å². The van der Waals surface area contributed by atoms with E-state index in [2.05, 4.69) is 5.32 Å². The Morgan fingerprint density at radius 2 is 1.90 bits per heavy atom. The monoisotopic (exact) mass is 290 g/mol. The summed E-state index contributed by atoms with van der Waals surface area (Å²) in [6.45, 7) is 0.119. The van der Waals surface area contributed by atoms with Gasteiger partial charge in [-0.05, 0) is 29.8 Å². The first kappa shape index (κ1) is 14.6. The van der Waals surface area contributed by atoms with Gasteiger partial charge in [0.2, 0.25) is 0 Å². The lowest BCUT2D eigenvalue weighted by molar-refractivity contribution is 0.368. The molecule has 2 aromatic carbocycles. The Kier molecular flexibility index (Phi) is 4.57. The molecule has 0 saturated heterocycles. The normalized spacial score (nSPS) is 9.95. The number of phenolic OH excluding ortho intramolecular Hbond substituents is 1. The second-order valence-corrected chi connectivity index (χ2v) is 4.24. The van der Waals surface area contributed by atoms with Crippen LogP contribution in [0.15, 0.2) is 36.4 Å². The SMILES string of the molecule is N#CCOc1cccc(NCc2cc(F)c(O)c(F)c2)c1. The molecule has 0 heterocycles. The van der Waals surface area contributed by atoms with E-state index in [1.165, 1.54) is 0 Å². The molecular formula is C15H12F2N2O2. The van der Waals surface area contributed by atoms with Gasteiger partial charge in [0.05, 0.1) is 0 Å². The summed E-state index contributed by atoms with van der Waals surface area (Å²) in [6.07, 6.45) is 0. The van der Waals surface area contributed by atoms with Crippen molar-refractivity contribution in [2.75, 3.05) is 11.9 Å². The molecule has 0 bridgehead atoms.